The molecule has 2 N–H and O–H groups in total. The molecule has 3 aromatic heterocycles. The number of fused-ring (bicyclic) bond motifs is 1. The lowest BCUT2D eigenvalue weighted by molar-refractivity contribution is -0.137. The van der Waals surface area contributed by atoms with Crippen LogP contribution in [0.2, 0.25) is 0 Å². The molecule has 10 heteroatoms. The summed E-state index contributed by atoms with van der Waals surface area (Å²) in [6.07, 6.45) is 8.44. The number of hydrogen-bond donors (Lipinski definition) is 2. The van der Waals surface area contributed by atoms with Crippen molar-refractivity contribution in [3.63, 3.8) is 0 Å². The van der Waals surface area contributed by atoms with E-state index in [-0.39, 0.29) is 5.56 Å². The first-order valence-electron chi connectivity index (χ1n) is 14.9. The first-order valence-corrected chi connectivity index (χ1v) is 14.9. The minimum absolute atomic E-state index is 0.0631. The molecule has 0 spiro atoms. The summed E-state index contributed by atoms with van der Waals surface area (Å²) < 4.78 is 39.4. The second-order valence-electron chi connectivity index (χ2n) is 10.8. The summed E-state index contributed by atoms with van der Waals surface area (Å²) in [5.41, 5.74) is 4.52. The molecular weight excluding hydrogens is 555 g/mol. The summed E-state index contributed by atoms with van der Waals surface area (Å²) in [4.78, 5) is 20.1. The topological polar surface area (TPSA) is 92.9 Å². The number of aryl methyl sites for hydroxylation is 4. The van der Waals surface area contributed by atoms with Gasteiger partial charge in [-0.3, -0.25) is 4.98 Å². The van der Waals surface area contributed by atoms with Crippen molar-refractivity contribution in [2.24, 2.45) is 0 Å². The first-order chi connectivity index (χ1) is 20.4. The van der Waals surface area contributed by atoms with E-state index in [1.54, 1.807) is 13.8 Å². The molecule has 0 aliphatic rings. The van der Waals surface area contributed by atoms with Crippen LogP contribution < -0.4 is 5.32 Å². The van der Waals surface area contributed by atoms with Crippen molar-refractivity contribution in [3.8, 4) is 5.69 Å². The van der Waals surface area contributed by atoms with Crippen molar-refractivity contribution >= 4 is 22.7 Å². The second kappa shape index (κ2) is 15.5. The van der Waals surface area contributed by atoms with Gasteiger partial charge in [0.15, 0.2) is 5.65 Å². The van der Waals surface area contributed by atoms with Crippen LogP contribution in [-0.4, -0.2) is 37.4 Å². The Bertz CT molecular complexity index is 1480. The molecule has 3 heterocycles. The number of rotatable bonds is 12. The second-order valence-corrected chi connectivity index (χ2v) is 10.8. The number of anilines is 1. The van der Waals surface area contributed by atoms with Gasteiger partial charge in [0.1, 0.15) is 0 Å². The Kier molecular flexibility index (Phi) is 12.1. The zero-order chi connectivity index (χ0) is 31.6. The van der Waals surface area contributed by atoms with Crippen LogP contribution in [0.5, 0.6) is 0 Å². The fraction of sp³-hybridized carbons (Fsp3) is 0.455. The van der Waals surface area contributed by atoms with Gasteiger partial charge in [0.2, 0.25) is 0 Å². The Hall–Kier alpha value is -3.95. The summed E-state index contributed by atoms with van der Waals surface area (Å²) in [5, 5.41) is 17.5. The van der Waals surface area contributed by atoms with Crippen molar-refractivity contribution in [2.45, 2.75) is 92.2 Å². The highest BCUT2D eigenvalue weighted by Crippen LogP contribution is 2.31. The molecule has 0 aliphatic carbocycles. The van der Waals surface area contributed by atoms with Crippen LogP contribution >= 0.6 is 0 Å². The number of benzene rings is 1. The van der Waals surface area contributed by atoms with E-state index in [1.807, 2.05) is 6.20 Å². The van der Waals surface area contributed by atoms with Gasteiger partial charge in [0.25, 0.3) is 0 Å². The molecule has 4 rings (SSSR count). The van der Waals surface area contributed by atoms with Gasteiger partial charge in [-0.15, -0.1) is 0 Å². The lowest BCUT2D eigenvalue weighted by atomic mass is 10.1. The van der Waals surface area contributed by atoms with Gasteiger partial charge in [0.05, 0.1) is 39.3 Å². The van der Waals surface area contributed by atoms with Crippen molar-refractivity contribution in [2.75, 3.05) is 11.9 Å². The van der Waals surface area contributed by atoms with E-state index < -0.39 is 17.7 Å². The van der Waals surface area contributed by atoms with Crippen LogP contribution in [0, 0.1) is 27.7 Å². The standard InChI is InChI=1S/C17H30N2.C16H12F3N3O2/c1-4-5-6-7-8-9-10-11-13-19-17-15(2)12-14-18-16(17)3;1-8-7-12(15(23)24)13-9(2)21-22(14(13)20-8)11-5-3-10(4-6-11)16(17,18)19/h12,14,19H,4-11,13H2,1-3H3;3-7H,1-2H3,(H,23,24). The molecule has 0 saturated heterocycles. The molecule has 4 aromatic rings. The van der Waals surface area contributed by atoms with Crippen LogP contribution in [0.3, 0.4) is 0 Å². The number of hydrogen-bond acceptors (Lipinski definition) is 5. The van der Waals surface area contributed by atoms with Gasteiger partial charge in [-0.2, -0.15) is 18.3 Å². The molecule has 0 saturated carbocycles. The molecule has 7 nitrogen and oxygen atoms in total. The lowest BCUT2D eigenvalue weighted by Gasteiger charge is -2.11. The Labute approximate surface area is 251 Å². The number of alkyl halides is 3. The maximum Gasteiger partial charge on any atom is 0.416 e. The fourth-order valence-corrected chi connectivity index (χ4v) is 4.99. The van der Waals surface area contributed by atoms with Gasteiger partial charge < -0.3 is 10.4 Å². The van der Waals surface area contributed by atoms with Crippen LogP contribution in [0.25, 0.3) is 16.7 Å². The molecule has 232 valence electrons. The normalized spacial score (nSPS) is 11.3. The fourth-order valence-electron chi connectivity index (χ4n) is 4.99. The monoisotopic (exact) mass is 597 g/mol. The van der Waals surface area contributed by atoms with Crippen molar-refractivity contribution in [1.82, 2.24) is 19.7 Å². The number of aromatic nitrogens is 4. The minimum atomic E-state index is -4.42. The molecule has 0 aliphatic heterocycles. The third-order valence-corrected chi connectivity index (χ3v) is 7.29. The number of halogens is 3. The lowest BCUT2D eigenvalue weighted by Crippen LogP contribution is -2.06. The Balaban J connectivity index is 0.000000243. The summed E-state index contributed by atoms with van der Waals surface area (Å²) in [6.45, 7) is 10.8. The quantitative estimate of drug-likeness (QED) is 0.158. The zero-order valence-corrected chi connectivity index (χ0v) is 25.7. The van der Waals surface area contributed by atoms with E-state index in [0.29, 0.717) is 28.1 Å². The van der Waals surface area contributed by atoms with E-state index in [2.05, 4.69) is 47.2 Å². The molecule has 1 aromatic carbocycles. The van der Waals surface area contributed by atoms with Crippen molar-refractivity contribution < 1.29 is 23.1 Å². The highest BCUT2D eigenvalue weighted by Gasteiger charge is 2.30. The molecule has 0 atom stereocenters. The van der Waals surface area contributed by atoms with E-state index in [0.717, 1.165) is 24.4 Å². The number of unbranched alkanes of at least 4 members (excludes halogenated alkanes) is 7. The van der Waals surface area contributed by atoms with E-state index in [9.17, 15) is 23.1 Å². The summed E-state index contributed by atoms with van der Waals surface area (Å²) >= 11 is 0. The zero-order valence-electron chi connectivity index (χ0n) is 25.7. The highest BCUT2D eigenvalue weighted by molar-refractivity contribution is 6.03. The van der Waals surface area contributed by atoms with Crippen LogP contribution in [0.1, 0.15) is 96.9 Å². The number of nitrogens with one attached hydrogen (secondary N) is 1. The molecular formula is C33H42F3N5O2. The average molecular weight is 598 g/mol. The molecule has 0 unspecified atom stereocenters. The van der Waals surface area contributed by atoms with Gasteiger partial charge in [0, 0.05) is 18.4 Å². The molecule has 43 heavy (non-hydrogen) atoms. The number of carboxylic acids is 1. The maximum atomic E-state index is 12.7. The smallest absolute Gasteiger partial charge is 0.416 e. The number of aromatic carboxylic acids is 1. The SMILES string of the molecule is CCCCCCCCCCNc1c(C)ccnc1C.Cc1cc(C(=O)O)c2c(C)nn(-c3ccc(C(F)(F)F)cc3)c2n1. The number of carboxylic acid groups (broad SMARTS) is 1. The highest BCUT2D eigenvalue weighted by atomic mass is 19.4. The van der Waals surface area contributed by atoms with E-state index in [4.69, 9.17) is 0 Å². The summed E-state index contributed by atoms with van der Waals surface area (Å²) in [7, 11) is 0. The van der Waals surface area contributed by atoms with Gasteiger partial charge in [-0.05, 0) is 76.1 Å². The number of nitrogens with zero attached hydrogens (tertiary/aromatic N) is 4. The van der Waals surface area contributed by atoms with Crippen molar-refractivity contribution in [3.05, 3.63) is 76.4 Å². The van der Waals surface area contributed by atoms with Gasteiger partial charge >= 0.3 is 12.1 Å². The third-order valence-electron chi connectivity index (χ3n) is 7.29. The summed E-state index contributed by atoms with van der Waals surface area (Å²) in [5.74, 6) is -1.11. The minimum Gasteiger partial charge on any atom is -0.478 e. The molecule has 0 amide bonds. The van der Waals surface area contributed by atoms with Crippen LogP contribution in [-0.2, 0) is 6.18 Å². The van der Waals surface area contributed by atoms with E-state index in [1.165, 1.54) is 85.5 Å². The Morgan fingerprint density at radius 1 is 0.907 bits per heavy atom. The summed E-state index contributed by atoms with van der Waals surface area (Å²) in [6, 6.07) is 7.97. The van der Waals surface area contributed by atoms with Crippen molar-refractivity contribution in [1.29, 1.82) is 0 Å². The van der Waals surface area contributed by atoms with Crippen LogP contribution in [0.4, 0.5) is 18.9 Å². The largest absolute Gasteiger partial charge is 0.478 e. The van der Waals surface area contributed by atoms with E-state index >= 15 is 0 Å². The first kappa shape index (κ1) is 33.6. The number of pyridine rings is 2. The van der Waals surface area contributed by atoms with Crippen LogP contribution in [0.15, 0.2) is 42.6 Å². The third kappa shape index (κ3) is 9.27. The predicted molar refractivity (Wildman–Crippen MR) is 165 cm³/mol. The van der Waals surface area contributed by atoms with Gasteiger partial charge in [-0.1, -0.05) is 51.9 Å². The Morgan fingerprint density at radius 2 is 1.53 bits per heavy atom. The predicted octanol–water partition coefficient (Wildman–Crippen LogP) is 9.01. The molecule has 0 fully saturated rings. The molecule has 0 bridgehead atoms. The maximum absolute atomic E-state index is 12.7. The Morgan fingerprint density at radius 3 is 2.12 bits per heavy atom. The molecule has 0 radical (unpaired) electrons. The average Bonchev–Trinajstić information content (AvgIpc) is 3.28. The van der Waals surface area contributed by atoms with Gasteiger partial charge in [-0.25, -0.2) is 14.5 Å². The number of carbonyl (C=O) groups is 1.